The lowest BCUT2D eigenvalue weighted by Gasteiger charge is -2.13. The number of hydrogen-bond acceptors (Lipinski definition) is 8. The number of nitrogens with one attached hydrogen (secondary N) is 2. The fraction of sp³-hybridized carbons (Fsp3) is 0.111. The van der Waals surface area contributed by atoms with Crippen molar-refractivity contribution in [2.45, 2.75) is 5.16 Å². The van der Waals surface area contributed by atoms with Gasteiger partial charge < -0.3 is 4.74 Å². The van der Waals surface area contributed by atoms with E-state index in [1.54, 1.807) is 49.6 Å². The molecule has 2 N–H and O–H groups in total. The third-order valence-corrected chi connectivity index (χ3v) is 4.92. The minimum absolute atomic E-state index is 0.00326. The van der Waals surface area contributed by atoms with E-state index in [2.05, 4.69) is 30.9 Å². The Morgan fingerprint density at radius 1 is 1.24 bits per heavy atom. The molecule has 29 heavy (non-hydrogen) atoms. The van der Waals surface area contributed by atoms with Gasteiger partial charge in [-0.05, 0) is 29.5 Å². The van der Waals surface area contributed by atoms with Crippen molar-refractivity contribution >= 4 is 34.5 Å². The number of aromatic nitrogens is 6. The van der Waals surface area contributed by atoms with Crippen LogP contribution in [0.2, 0.25) is 0 Å². The van der Waals surface area contributed by atoms with E-state index in [0.717, 1.165) is 11.8 Å². The summed E-state index contributed by atoms with van der Waals surface area (Å²) in [7, 11) is 1.55. The minimum Gasteiger partial charge on any atom is -0.497 e. The van der Waals surface area contributed by atoms with Gasteiger partial charge in [0.15, 0.2) is 5.16 Å². The van der Waals surface area contributed by atoms with Crippen LogP contribution in [0.15, 0.2) is 58.5 Å². The molecule has 2 aromatic carbocycles. The number of ether oxygens (including phenoxy) is 1. The van der Waals surface area contributed by atoms with Gasteiger partial charge in [0.25, 0.3) is 11.5 Å². The number of tetrazole rings is 1. The molecule has 0 aliphatic heterocycles. The van der Waals surface area contributed by atoms with E-state index in [9.17, 15) is 9.59 Å². The summed E-state index contributed by atoms with van der Waals surface area (Å²) in [5, 5.41) is 16.4. The maximum absolute atomic E-state index is 13.2. The Balaban J connectivity index is 1.73. The number of rotatable bonds is 6. The Morgan fingerprint density at radius 2 is 2.10 bits per heavy atom. The first-order chi connectivity index (χ1) is 14.2. The molecule has 10 nitrogen and oxygen atoms in total. The summed E-state index contributed by atoms with van der Waals surface area (Å²) in [5.41, 5.74) is 0.913. The number of amides is 1. The second-order valence-electron chi connectivity index (χ2n) is 5.83. The van der Waals surface area contributed by atoms with E-state index in [1.165, 1.54) is 4.57 Å². The average Bonchev–Trinajstić information content (AvgIpc) is 3.25. The molecule has 0 spiro atoms. The van der Waals surface area contributed by atoms with Gasteiger partial charge >= 0.3 is 0 Å². The molecule has 0 saturated heterocycles. The molecule has 2 aromatic heterocycles. The van der Waals surface area contributed by atoms with E-state index in [4.69, 9.17) is 4.74 Å². The largest absolute Gasteiger partial charge is 0.497 e. The van der Waals surface area contributed by atoms with Crippen molar-refractivity contribution in [2.75, 3.05) is 18.2 Å². The van der Waals surface area contributed by atoms with Crippen LogP contribution >= 0.6 is 11.8 Å². The first-order valence-electron chi connectivity index (χ1n) is 8.48. The molecule has 4 rings (SSSR count). The van der Waals surface area contributed by atoms with Gasteiger partial charge in [0.2, 0.25) is 5.91 Å². The molecule has 0 saturated carbocycles. The summed E-state index contributed by atoms with van der Waals surface area (Å²) in [5.74, 6) is 0.333. The third-order valence-electron chi connectivity index (χ3n) is 3.99. The lowest BCUT2D eigenvalue weighted by molar-refractivity contribution is -0.113. The number of nitrogens with zero attached hydrogens (tertiary/aromatic N) is 5. The SMILES string of the molecule is COc1cccc(-n2c(SCC(=O)Nc3nn[nH]n3)nc3ccccc3c2=O)c1. The number of aromatic amines is 1. The Kier molecular flexibility index (Phi) is 5.20. The first-order valence-corrected chi connectivity index (χ1v) is 9.46. The van der Waals surface area contributed by atoms with Crippen molar-refractivity contribution in [1.29, 1.82) is 0 Å². The summed E-state index contributed by atoms with van der Waals surface area (Å²) < 4.78 is 6.74. The highest BCUT2D eigenvalue weighted by Crippen LogP contribution is 2.23. The van der Waals surface area contributed by atoms with E-state index in [-0.39, 0.29) is 23.2 Å². The van der Waals surface area contributed by atoms with Gasteiger partial charge in [0, 0.05) is 6.07 Å². The van der Waals surface area contributed by atoms with Gasteiger partial charge in [-0.2, -0.15) is 5.21 Å². The number of carbonyl (C=O) groups is 1. The predicted molar refractivity (Wildman–Crippen MR) is 107 cm³/mol. The van der Waals surface area contributed by atoms with Crippen LogP contribution in [0.3, 0.4) is 0 Å². The molecule has 1 amide bonds. The van der Waals surface area contributed by atoms with Crippen molar-refractivity contribution in [3.05, 3.63) is 58.9 Å². The Morgan fingerprint density at radius 3 is 2.90 bits per heavy atom. The van der Waals surface area contributed by atoms with Crippen LogP contribution in [0.5, 0.6) is 5.75 Å². The number of benzene rings is 2. The number of para-hydroxylation sites is 1. The van der Waals surface area contributed by atoms with E-state index >= 15 is 0 Å². The summed E-state index contributed by atoms with van der Waals surface area (Å²) in [6, 6.07) is 14.2. The lowest BCUT2D eigenvalue weighted by Crippen LogP contribution is -2.23. The number of fused-ring (bicyclic) bond motifs is 1. The van der Waals surface area contributed by atoms with Gasteiger partial charge in [0.05, 0.1) is 29.5 Å². The van der Waals surface area contributed by atoms with Crippen molar-refractivity contribution in [3.63, 3.8) is 0 Å². The van der Waals surface area contributed by atoms with Crippen molar-refractivity contribution in [3.8, 4) is 11.4 Å². The fourth-order valence-corrected chi connectivity index (χ4v) is 3.50. The number of hydrogen-bond donors (Lipinski definition) is 2. The number of thioether (sulfide) groups is 1. The highest BCUT2D eigenvalue weighted by Gasteiger charge is 2.16. The van der Waals surface area contributed by atoms with Gasteiger partial charge in [-0.15, -0.1) is 5.10 Å². The average molecular weight is 409 g/mol. The highest BCUT2D eigenvalue weighted by molar-refractivity contribution is 7.99. The van der Waals surface area contributed by atoms with Gasteiger partial charge in [0.1, 0.15) is 5.75 Å². The molecule has 4 aromatic rings. The van der Waals surface area contributed by atoms with E-state index < -0.39 is 0 Å². The third kappa shape index (κ3) is 3.94. The molecule has 146 valence electrons. The second-order valence-corrected chi connectivity index (χ2v) is 6.77. The molecule has 0 radical (unpaired) electrons. The Labute approximate surface area is 168 Å². The molecular formula is C18H15N7O3S. The number of methoxy groups -OCH3 is 1. The molecule has 11 heteroatoms. The topological polar surface area (TPSA) is 128 Å². The van der Waals surface area contributed by atoms with Crippen LogP contribution in [-0.4, -0.2) is 48.9 Å². The van der Waals surface area contributed by atoms with Crippen LogP contribution in [0.25, 0.3) is 16.6 Å². The second kappa shape index (κ2) is 8.10. The molecule has 0 aliphatic carbocycles. The zero-order valence-corrected chi connectivity index (χ0v) is 16.0. The van der Waals surface area contributed by atoms with Gasteiger partial charge in [-0.25, -0.2) is 4.98 Å². The first kappa shape index (κ1) is 18.6. The lowest BCUT2D eigenvalue weighted by atomic mass is 10.2. The maximum Gasteiger partial charge on any atom is 0.269 e. The fourth-order valence-electron chi connectivity index (χ4n) is 2.69. The summed E-state index contributed by atoms with van der Waals surface area (Å²) in [6.45, 7) is 0. The Bertz CT molecular complexity index is 1220. The standard InChI is InChI=1S/C18H15N7O3S/c1-28-12-6-4-5-11(9-12)25-16(27)13-7-2-3-8-14(13)19-18(25)29-10-15(26)20-17-21-23-24-22-17/h2-9H,10H2,1H3,(H2,20,21,22,23,24,26). The van der Waals surface area contributed by atoms with Crippen molar-refractivity contribution in [2.24, 2.45) is 0 Å². The minimum atomic E-state index is -0.351. The van der Waals surface area contributed by atoms with Crippen LogP contribution in [-0.2, 0) is 4.79 Å². The van der Waals surface area contributed by atoms with Crippen molar-refractivity contribution < 1.29 is 9.53 Å². The summed E-state index contributed by atoms with van der Waals surface area (Å²) >= 11 is 1.13. The summed E-state index contributed by atoms with van der Waals surface area (Å²) in [6.07, 6.45) is 0. The monoisotopic (exact) mass is 409 g/mol. The maximum atomic E-state index is 13.2. The smallest absolute Gasteiger partial charge is 0.269 e. The highest BCUT2D eigenvalue weighted by atomic mass is 32.2. The zero-order valence-electron chi connectivity index (χ0n) is 15.2. The summed E-state index contributed by atoms with van der Waals surface area (Å²) in [4.78, 5) is 30.0. The van der Waals surface area contributed by atoms with Crippen LogP contribution in [0.4, 0.5) is 5.95 Å². The van der Waals surface area contributed by atoms with Gasteiger partial charge in [-0.1, -0.05) is 35.1 Å². The molecule has 0 atom stereocenters. The molecule has 0 unspecified atom stereocenters. The molecular weight excluding hydrogens is 394 g/mol. The van der Waals surface area contributed by atoms with E-state index in [1.807, 2.05) is 6.07 Å². The molecule has 0 fully saturated rings. The molecule has 2 heterocycles. The van der Waals surface area contributed by atoms with Crippen LogP contribution in [0, 0.1) is 0 Å². The predicted octanol–water partition coefficient (Wildman–Crippen LogP) is 1.64. The van der Waals surface area contributed by atoms with Crippen molar-refractivity contribution in [1.82, 2.24) is 30.2 Å². The van der Waals surface area contributed by atoms with E-state index in [0.29, 0.717) is 27.5 Å². The Hall–Kier alpha value is -3.73. The van der Waals surface area contributed by atoms with Crippen LogP contribution < -0.4 is 15.6 Å². The normalized spacial score (nSPS) is 10.8. The number of H-pyrrole nitrogens is 1. The number of carbonyl (C=O) groups excluding carboxylic acids is 1. The van der Waals surface area contributed by atoms with Gasteiger partial charge in [-0.3, -0.25) is 19.5 Å². The quantitative estimate of drug-likeness (QED) is 0.363. The zero-order chi connectivity index (χ0) is 20.2. The van der Waals surface area contributed by atoms with Crippen LogP contribution in [0.1, 0.15) is 0 Å². The molecule has 0 aliphatic rings. The molecule has 0 bridgehead atoms. The number of anilines is 1.